The Kier molecular flexibility index (Phi) is 6.88. The minimum Gasteiger partial charge on any atom is -0.304 e. The van der Waals surface area contributed by atoms with Crippen molar-refractivity contribution in [3.8, 4) is 0 Å². The summed E-state index contributed by atoms with van der Waals surface area (Å²) < 4.78 is 27.4. The van der Waals surface area contributed by atoms with Gasteiger partial charge in [-0.3, -0.25) is 0 Å². The maximum Gasteiger partial charge on any atom is 0.260 e. The molecule has 0 aliphatic carbocycles. The van der Waals surface area contributed by atoms with E-state index in [1.54, 1.807) is 12.3 Å². The highest BCUT2D eigenvalue weighted by Crippen LogP contribution is 2.28. The zero-order chi connectivity index (χ0) is 21.0. The van der Waals surface area contributed by atoms with E-state index in [1.807, 2.05) is 13.1 Å². The Morgan fingerprint density at radius 3 is 2.45 bits per heavy atom. The summed E-state index contributed by atoms with van der Waals surface area (Å²) in [5.74, 6) is 0. The van der Waals surface area contributed by atoms with Crippen molar-refractivity contribution >= 4 is 15.6 Å². The highest BCUT2D eigenvalue weighted by Gasteiger charge is 2.28. The lowest BCUT2D eigenvalue weighted by Crippen LogP contribution is -2.47. The van der Waals surface area contributed by atoms with E-state index in [0.717, 1.165) is 37.1 Å². The summed E-state index contributed by atoms with van der Waals surface area (Å²) in [6.45, 7) is 8.85. The number of aromatic nitrogens is 1. The lowest BCUT2D eigenvalue weighted by molar-refractivity contribution is 0.222. The molecule has 0 saturated carbocycles. The fourth-order valence-corrected chi connectivity index (χ4v) is 4.89. The molecule has 1 aromatic carbocycles. The first kappa shape index (κ1) is 21.7. The number of hydrogen-bond acceptors (Lipinski definition) is 4. The number of aryl methyl sites for hydroxylation is 2. The fourth-order valence-electron chi connectivity index (χ4n) is 3.55. The van der Waals surface area contributed by atoms with Crippen LogP contribution < -0.4 is 0 Å². The van der Waals surface area contributed by atoms with Crippen LogP contribution in [0.15, 0.2) is 47.6 Å². The van der Waals surface area contributed by atoms with E-state index in [2.05, 4.69) is 54.9 Å². The molecule has 2 heterocycles. The SMILES string of the molecule is CCCC=C(c1ccc(S(=O)(=O)N2CCN(C)CC2)nc1)c1cc(C)ccc1C. The molecule has 0 bridgehead atoms. The molecule has 5 nitrogen and oxygen atoms in total. The number of allylic oxidation sites excluding steroid dienone is 1. The molecule has 1 aliphatic heterocycles. The summed E-state index contributed by atoms with van der Waals surface area (Å²) in [5, 5.41) is 0.126. The second kappa shape index (κ2) is 9.20. The predicted molar refractivity (Wildman–Crippen MR) is 118 cm³/mol. The van der Waals surface area contributed by atoms with Gasteiger partial charge in [0.05, 0.1) is 0 Å². The van der Waals surface area contributed by atoms with Crippen LogP contribution >= 0.6 is 0 Å². The molecule has 0 atom stereocenters. The Morgan fingerprint density at radius 2 is 1.83 bits per heavy atom. The number of hydrogen-bond donors (Lipinski definition) is 0. The summed E-state index contributed by atoms with van der Waals surface area (Å²) in [6, 6.07) is 9.96. The molecule has 29 heavy (non-hydrogen) atoms. The van der Waals surface area contributed by atoms with Crippen molar-refractivity contribution < 1.29 is 8.42 Å². The van der Waals surface area contributed by atoms with Crippen LogP contribution in [0.1, 0.15) is 42.0 Å². The van der Waals surface area contributed by atoms with E-state index in [1.165, 1.54) is 21.0 Å². The second-order valence-electron chi connectivity index (χ2n) is 7.82. The molecule has 0 amide bonds. The van der Waals surface area contributed by atoms with Gasteiger partial charge < -0.3 is 4.90 Å². The van der Waals surface area contributed by atoms with E-state index in [0.29, 0.717) is 13.1 Å². The maximum absolute atomic E-state index is 12.9. The van der Waals surface area contributed by atoms with Gasteiger partial charge in [-0.05, 0) is 56.1 Å². The monoisotopic (exact) mass is 413 g/mol. The van der Waals surface area contributed by atoms with Crippen LogP contribution in [-0.4, -0.2) is 55.8 Å². The van der Waals surface area contributed by atoms with Crippen LogP contribution in [0.5, 0.6) is 0 Å². The molecule has 0 N–H and O–H groups in total. The molecular formula is C23H31N3O2S. The average Bonchev–Trinajstić information content (AvgIpc) is 2.71. The molecule has 156 valence electrons. The first-order valence-electron chi connectivity index (χ1n) is 10.3. The van der Waals surface area contributed by atoms with E-state index < -0.39 is 10.0 Å². The van der Waals surface area contributed by atoms with Crippen LogP contribution in [0.3, 0.4) is 0 Å². The number of nitrogens with zero attached hydrogens (tertiary/aromatic N) is 3. The van der Waals surface area contributed by atoms with E-state index in [9.17, 15) is 8.42 Å². The third-order valence-corrected chi connectivity index (χ3v) is 7.25. The smallest absolute Gasteiger partial charge is 0.260 e. The quantitative estimate of drug-likeness (QED) is 0.721. The number of rotatable bonds is 6. The van der Waals surface area contributed by atoms with Crippen molar-refractivity contribution in [3.63, 3.8) is 0 Å². The van der Waals surface area contributed by atoms with Gasteiger partial charge in [-0.2, -0.15) is 4.31 Å². The molecule has 1 aromatic heterocycles. The van der Waals surface area contributed by atoms with E-state index in [4.69, 9.17) is 0 Å². The van der Waals surface area contributed by atoms with Crippen LogP contribution in [0.2, 0.25) is 0 Å². The number of benzene rings is 1. The zero-order valence-corrected chi connectivity index (χ0v) is 18.7. The molecule has 1 saturated heterocycles. The van der Waals surface area contributed by atoms with Crippen molar-refractivity contribution in [1.82, 2.24) is 14.2 Å². The number of sulfonamides is 1. The van der Waals surface area contributed by atoms with Gasteiger partial charge in [0.15, 0.2) is 5.03 Å². The van der Waals surface area contributed by atoms with Gasteiger partial charge in [-0.25, -0.2) is 13.4 Å². The van der Waals surface area contributed by atoms with Gasteiger partial charge in [-0.1, -0.05) is 43.2 Å². The van der Waals surface area contributed by atoms with Gasteiger partial charge in [0.2, 0.25) is 0 Å². The summed E-state index contributed by atoms with van der Waals surface area (Å²) >= 11 is 0. The molecule has 0 spiro atoms. The largest absolute Gasteiger partial charge is 0.304 e. The molecule has 0 unspecified atom stereocenters. The molecule has 3 rings (SSSR count). The van der Waals surface area contributed by atoms with Crippen molar-refractivity contribution in [2.24, 2.45) is 0 Å². The lowest BCUT2D eigenvalue weighted by Gasteiger charge is -2.31. The van der Waals surface area contributed by atoms with Gasteiger partial charge >= 0.3 is 0 Å². The zero-order valence-electron chi connectivity index (χ0n) is 17.9. The Balaban J connectivity index is 1.93. The fraction of sp³-hybridized carbons (Fsp3) is 0.435. The third kappa shape index (κ3) is 4.94. The Bertz CT molecular complexity index is 974. The molecule has 0 radical (unpaired) electrons. The van der Waals surface area contributed by atoms with Gasteiger partial charge in [0.1, 0.15) is 0 Å². The topological polar surface area (TPSA) is 53.5 Å². The highest BCUT2D eigenvalue weighted by molar-refractivity contribution is 7.89. The first-order chi connectivity index (χ1) is 13.8. The van der Waals surface area contributed by atoms with Gasteiger partial charge in [0.25, 0.3) is 10.0 Å². The third-order valence-electron chi connectivity index (χ3n) is 5.43. The molecular weight excluding hydrogens is 382 g/mol. The van der Waals surface area contributed by atoms with Gasteiger partial charge in [0, 0.05) is 37.9 Å². The number of pyridine rings is 1. The first-order valence-corrected chi connectivity index (χ1v) is 11.7. The van der Waals surface area contributed by atoms with Crippen LogP contribution in [0.4, 0.5) is 0 Å². The lowest BCUT2D eigenvalue weighted by atomic mass is 9.93. The van der Waals surface area contributed by atoms with Gasteiger partial charge in [-0.15, -0.1) is 0 Å². The summed E-state index contributed by atoms with van der Waals surface area (Å²) in [6.07, 6.45) is 5.95. The van der Waals surface area contributed by atoms with Crippen molar-refractivity contribution in [3.05, 3.63) is 64.9 Å². The molecule has 1 aliphatic rings. The summed E-state index contributed by atoms with van der Waals surface area (Å²) in [7, 11) is -1.54. The second-order valence-corrected chi connectivity index (χ2v) is 9.70. The Morgan fingerprint density at radius 1 is 1.10 bits per heavy atom. The Labute approximate surface area is 175 Å². The summed E-state index contributed by atoms with van der Waals surface area (Å²) in [5.41, 5.74) is 5.64. The van der Waals surface area contributed by atoms with Crippen molar-refractivity contribution in [1.29, 1.82) is 0 Å². The van der Waals surface area contributed by atoms with Crippen LogP contribution in [-0.2, 0) is 10.0 Å². The van der Waals surface area contributed by atoms with Crippen LogP contribution in [0.25, 0.3) is 5.57 Å². The van der Waals surface area contributed by atoms with Crippen molar-refractivity contribution in [2.45, 2.75) is 38.6 Å². The number of piperazine rings is 1. The van der Waals surface area contributed by atoms with E-state index >= 15 is 0 Å². The molecule has 2 aromatic rings. The number of likely N-dealkylation sites (N-methyl/N-ethyl adjacent to an activating group) is 1. The highest BCUT2D eigenvalue weighted by atomic mass is 32.2. The van der Waals surface area contributed by atoms with E-state index in [-0.39, 0.29) is 5.03 Å². The van der Waals surface area contributed by atoms with Crippen LogP contribution in [0, 0.1) is 13.8 Å². The minimum atomic E-state index is -3.55. The normalized spacial score (nSPS) is 16.9. The average molecular weight is 414 g/mol. The number of unbranched alkanes of at least 4 members (excludes halogenated alkanes) is 1. The predicted octanol–water partition coefficient (Wildman–Crippen LogP) is 3.87. The molecule has 1 fully saturated rings. The molecule has 6 heteroatoms. The maximum atomic E-state index is 12.9. The summed E-state index contributed by atoms with van der Waals surface area (Å²) in [4.78, 5) is 6.50. The Hall–Kier alpha value is -2.02. The van der Waals surface area contributed by atoms with Crippen molar-refractivity contribution in [2.75, 3.05) is 33.2 Å². The minimum absolute atomic E-state index is 0.126. The standard InChI is InChI=1S/C23H31N3O2S/c1-5-6-7-21(22-16-18(2)8-9-19(22)3)20-10-11-23(24-17-20)29(27,28)26-14-12-25(4)13-15-26/h7-11,16-17H,5-6,12-15H2,1-4H3.